The molecule has 3 aromatic rings. The van der Waals surface area contributed by atoms with E-state index in [0.29, 0.717) is 16.5 Å². The summed E-state index contributed by atoms with van der Waals surface area (Å²) < 4.78 is 15.1. The number of methoxy groups -OCH3 is 1. The zero-order valence-corrected chi connectivity index (χ0v) is 19.0. The van der Waals surface area contributed by atoms with Gasteiger partial charge >= 0.3 is 5.97 Å². The molecule has 29 heavy (non-hydrogen) atoms. The van der Waals surface area contributed by atoms with E-state index in [1.54, 1.807) is 25.6 Å². The molecule has 5 nitrogen and oxygen atoms in total. The van der Waals surface area contributed by atoms with Crippen molar-refractivity contribution < 1.29 is 14.3 Å². The van der Waals surface area contributed by atoms with Gasteiger partial charge in [-0.1, -0.05) is 23.7 Å². The van der Waals surface area contributed by atoms with Crippen molar-refractivity contribution in [3.8, 4) is 16.3 Å². The molecule has 0 aliphatic carbocycles. The lowest BCUT2D eigenvalue weighted by Gasteiger charge is -2.24. The van der Waals surface area contributed by atoms with Gasteiger partial charge in [0.15, 0.2) is 11.4 Å². The number of carbonyl (C=O) groups excluding carboxylic acids is 1. The van der Waals surface area contributed by atoms with Crippen LogP contribution >= 0.6 is 34.9 Å². The van der Waals surface area contributed by atoms with Gasteiger partial charge in [0.25, 0.3) is 0 Å². The summed E-state index contributed by atoms with van der Waals surface area (Å²) >= 11 is 8.96. The number of hydrogen-bond acceptors (Lipinski definition) is 7. The normalized spacial score (nSPS) is 11.3. The summed E-state index contributed by atoms with van der Waals surface area (Å²) in [4.78, 5) is 17.5. The fourth-order valence-electron chi connectivity index (χ4n) is 2.56. The highest BCUT2D eigenvalue weighted by molar-refractivity contribution is 7.98. The first-order valence-corrected chi connectivity index (χ1v) is 11.0. The molecule has 0 atom stereocenters. The van der Waals surface area contributed by atoms with Crippen molar-refractivity contribution in [2.45, 2.75) is 37.0 Å². The molecule has 152 valence electrons. The Hall–Kier alpha value is -2.09. The summed E-state index contributed by atoms with van der Waals surface area (Å²) in [6.45, 7) is 5.33. The lowest BCUT2D eigenvalue weighted by Crippen LogP contribution is -2.39. The van der Waals surface area contributed by atoms with Gasteiger partial charge in [0.05, 0.1) is 12.9 Å². The number of hydrogen-bond donors (Lipinski definition) is 0. The van der Waals surface area contributed by atoms with Crippen LogP contribution in [0.3, 0.4) is 0 Å². The van der Waals surface area contributed by atoms with Crippen LogP contribution in [0.1, 0.15) is 25.2 Å². The molecule has 0 saturated heterocycles. The van der Waals surface area contributed by atoms with Crippen LogP contribution in [0.25, 0.3) is 10.6 Å². The van der Waals surface area contributed by atoms with E-state index >= 15 is 0 Å². The van der Waals surface area contributed by atoms with E-state index in [0.717, 1.165) is 26.9 Å². The van der Waals surface area contributed by atoms with Crippen molar-refractivity contribution in [2.24, 2.45) is 0 Å². The minimum absolute atomic E-state index is 0.415. The van der Waals surface area contributed by atoms with Gasteiger partial charge in [-0.05, 0) is 68.2 Å². The Morgan fingerprint density at radius 2 is 1.93 bits per heavy atom. The first kappa shape index (κ1) is 21.6. The SMILES string of the molecule is COC(=O)C(C)(C)Oc1ccc(SCc2nsc(-c3ccc(Cl)cc3)n2)cc1C. The Balaban J connectivity index is 1.64. The van der Waals surface area contributed by atoms with Gasteiger partial charge in [0.2, 0.25) is 0 Å². The Kier molecular flexibility index (Phi) is 6.82. The van der Waals surface area contributed by atoms with Crippen molar-refractivity contribution in [1.29, 1.82) is 0 Å². The molecule has 8 heteroatoms. The Labute approximate surface area is 183 Å². The summed E-state index contributed by atoms with van der Waals surface area (Å²) in [5.41, 5.74) is 0.908. The number of ether oxygens (including phenoxy) is 2. The van der Waals surface area contributed by atoms with Crippen molar-refractivity contribution in [3.05, 3.63) is 58.9 Å². The second-order valence-corrected chi connectivity index (χ2v) is 9.08. The van der Waals surface area contributed by atoms with E-state index in [1.807, 2.05) is 49.4 Å². The highest BCUT2D eigenvalue weighted by Crippen LogP contribution is 2.31. The molecule has 1 aromatic heterocycles. The van der Waals surface area contributed by atoms with Gasteiger partial charge < -0.3 is 9.47 Å². The van der Waals surface area contributed by atoms with Gasteiger partial charge in [-0.2, -0.15) is 4.37 Å². The van der Waals surface area contributed by atoms with Crippen LogP contribution in [-0.4, -0.2) is 28.0 Å². The molecule has 3 rings (SSSR count). The van der Waals surface area contributed by atoms with Gasteiger partial charge in [0.1, 0.15) is 10.8 Å². The largest absolute Gasteiger partial charge is 0.476 e. The van der Waals surface area contributed by atoms with Gasteiger partial charge in [0, 0.05) is 15.5 Å². The number of nitrogens with zero attached hydrogens (tertiary/aromatic N) is 2. The minimum Gasteiger partial charge on any atom is -0.476 e. The zero-order chi connectivity index (χ0) is 21.0. The molecule has 0 aliphatic rings. The maximum Gasteiger partial charge on any atom is 0.349 e. The molecule has 1 heterocycles. The predicted molar refractivity (Wildman–Crippen MR) is 118 cm³/mol. The second kappa shape index (κ2) is 9.15. The van der Waals surface area contributed by atoms with Crippen LogP contribution in [0.15, 0.2) is 47.4 Å². The molecule has 0 saturated carbocycles. The third-order valence-electron chi connectivity index (χ3n) is 4.12. The molecule has 0 N–H and O–H groups in total. The number of rotatable bonds is 7. The number of thioether (sulfide) groups is 1. The van der Waals surface area contributed by atoms with Crippen molar-refractivity contribution in [3.63, 3.8) is 0 Å². The van der Waals surface area contributed by atoms with Gasteiger partial charge in [-0.3, -0.25) is 0 Å². The average molecular weight is 449 g/mol. The molecule has 0 spiro atoms. The maximum absolute atomic E-state index is 11.8. The van der Waals surface area contributed by atoms with Crippen LogP contribution in [-0.2, 0) is 15.3 Å². The van der Waals surface area contributed by atoms with Crippen LogP contribution in [0.4, 0.5) is 0 Å². The standard InChI is InChI=1S/C21H21ClN2O3S2/c1-13-11-16(9-10-17(13)27-21(2,3)20(25)26-4)28-12-18-23-19(29-24-18)14-5-7-15(22)8-6-14/h5-11H,12H2,1-4H3. The van der Waals surface area contributed by atoms with Crippen LogP contribution in [0.5, 0.6) is 5.75 Å². The minimum atomic E-state index is -1.04. The van der Waals surface area contributed by atoms with Crippen molar-refractivity contribution >= 4 is 40.9 Å². The fraction of sp³-hybridized carbons (Fsp3) is 0.286. The average Bonchev–Trinajstić information content (AvgIpc) is 3.17. The number of carbonyl (C=O) groups is 1. The number of esters is 1. The third-order valence-corrected chi connectivity index (χ3v) is 6.16. The summed E-state index contributed by atoms with van der Waals surface area (Å²) in [5.74, 6) is 1.69. The lowest BCUT2D eigenvalue weighted by atomic mass is 10.1. The molecule has 2 aromatic carbocycles. The number of halogens is 1. The summed E-state index contributed by atoms with van der Waals surface area (Å²) in [5, 5.41) is 1.58. The van der Waals surface area contributed by atoms with Crippen molar-refractivity contribution in [2.75, 3.05) is 7.11 Å². The lowest BCUT2D eigenvalue weighted by molar-refractivity contribution is -0.156. The smallest absolute Gasteiger partial charge is 0.349 e. The number of aryl methyl sites for hydroxylation is 1. The fourth-order valence-corrected chi connectivity index (χ4v) is 4.30. The molecule has 0 amide bonds. The van der Waals surface area contributed by atoms with Gasteiger partial charge in [-0.25, -0.2) is 9.78 Å². The second-order valence-electron chi connectivity index (χ2n) is 6.84. The molecular formula is C21H21ClN2O3S2. The molecule has 0 bridgehead atoms. The zero-order valence-electron chi connectivity index (χ0n) is 16.6. The molecular weight excluding hydrogens is 428 g/mol. The highest BCUT2D eigenvalue weighted by atomic mass is 35.5. The first-order valence-electron chi connectivity index (χ1n) is 8.88. The van der Waals surface area contributed by atoms with Crippen LogP contribution in [0.2, 0.25) is 5.02 Å². The predicted octanol–water partition coefficient (Wildman–Crippen LogP) is 5.79. The van der Waals surface area contributed by atoms with Gasteiger partial charge in [-0.15, -0.1) is 11.8 Å². The van der Waals surface area contributed by atoms with E-state index in [9.17, 15) is 4.79 Å². The van der Waals surface area contributed by atoms with E-state index in [1.165, 1.54) is 18.6 Å². The molecule has 0 radical (unpaired) electrons. The van der Waals surface area contributed by atoms with E-state index in [-0.39, 0.29) is 0 Å². The van der Waals surface area contributed by atoms with Crippen LogP contribution in [0, 0.1) is 6.92 Å². The Bertz CT molecular complexity index is 1000. The topological polar surface area (TPSA) is 61.3 Å². The third kappa shape index (κ3) is 5.50. The summed E-state index contributed by atoms with van der Waals surface area (Å²) in [6.07, 6.45) is 0. The van der Waals surface area contributed by atoms with Crippen molar-refractivity contribution in [1.82, 2.24) is 9.36 Å². The summed E-state index contributed by atoms with van der Waals surface area (Å²) in [7, 11) is 1.35. The number of aromatic nitrogens is 2. The summed E-state index contributed by atoms with van der Waals surface area (Å²) in [6, 6.07) is 13.4. The van der Waals surface area contributed by atoms with E-state index in [2.05, 4.69) is 9.36 Å². The Morgan fingerprint density at radius 3 is 2.59 bits per heavy atom. The highest BCUT2D eigenvalue weighted by Gasteiger charge is 2.31. The van der Waals surface area contributed by atoms with E-state index in [4.69, 9.17) is 21.1 Å². The molecule has 0 unspecified atom stereocenters. The molecule has 0 aliphatic heterocycles. The van der Waals surface area contributed by atoms with Crippen LogP contribution < -0.4 is 4.74 Å². The Morgan fingerprint density at radius 1 is 1.21 bits per heavy atom. The quantitative estimate of drug-likeness (QED) is 0.336. The monoisotopic (exact) mass is 448 g/mol. The number of benzene rings is 2. The first-order chi connectivity index (χ1) is 13.8. The maximum atomic E-state index is 11.8. The van der Waals surface area contributed by atoms with E-state index < -0.39 is 11.6 Å². The molecule has 0 fully saturated rings.